The lowest BCUT2D eigenvalue weighted by Gasteiger charge is -2.36. The number of amidine groups is 1. The second-order valence-electron chi connectivity index (χ2n) is 9.93. The topological polar surface area (TPSA) is 131 Å². The molecule has 2 heterocycles. The van der Waals surface area contributed by atoms with Crippen molar-refractivity contribution in [2.45, 2.75) is 83.9 Å². The number of hydrogen-bond acceptors (Lipinski definition) is 7. The van der Waals surface area contributed by atoms with Crippen molar-refractivity contribution in [1.82, 2.24) is 10.3 Å². The van der Waals surface area contributed by atoms with Crippen molar-refractivity contribution in [3.63, 3.8) is 0 Å². The standard InChI is InChI=1S/C21H29F3N4O6/c1-18(2,3)33-16(30)26-11-8-12(14(29)25-10-11)20(7)9-13(21(22,23)24)32-15(28-20)27-17(31)34-19(4,5)6/h8,10,13H,9H2,1-7H3,(H,25,29)(H,26,30)(H,27,28,31)/t13-,20-/m0/s1. The van der Waals surface area contributed by atoms with Crippen molar-refractivity contribution in [2.75, 3.05) is 5.32 Å². The van der Waals surface area contributed by atoms with Crippen LogP contribution in [-0.2, 0) is 19.7 Å². The Morgan fingerprint density at radius 2 is 1.62 bits per heavy atom. The molecule has 0 unspecified atom stereocenters. The van der Waals surface area contributed by atoms with E-state index in [9.17, 15) is 27.6 Å². The van der Waals surface area contributed by atoms with Gasteiger partial charge in [-0.2, -0.15) is 13.2 Å². The Balaban J connectivity index is 2.43. The van der Waals surface area contributed by atoms with Gasteiger partial charge >= 0.3 is 18.4 Å². The maximum atomic E-state index is 13.6. The highest BCUT2D eigenvalue weighted by Crippen LogP contribution is 2.39. The normalized spacial score (nSPS) is 21.1. The van der Waals surface area contributed by atoms with E-state index in [1.54, 1.807) is 41.5 Å². The lowest BCUT2D eigenvalue weighted by molar-refractivity contribution is -0.208. The van der Waals surface area contributed by atoms with Crippen LogP contribution in [0.1, 0.15) is 60.5 Å². The number of hydrogen-bond donors (Lipinski definition) is 3. The first-order valence-corrected chi connectivity index (χ1v) is 10.3. The van der Waals surface area contributed by atoms with Gasteiger partial charge in [-0.05, 0) is 54.5 Å². The van der Waals surface area contributed by atoms with Gasteiger partial charge in [0, 0.05) is 18.2 Å². The van der Waals surface area contributed by atoms with Crippen LogP contribution in [0.15, 0.2) is 22.1 Å². The summed E-state index contributed by atoms with van der Waals surface area (Å²) in [5.74, 6) is 0. The summed E-state index contributed by atoms with van der Waals surface area (Å²) in [7, 11) is 0. The molecule has 3 N–H and O–H groups in total. The van der Waals surface area contributed by atoms with Crippen LogP contribution >= 0.6 is 0 Å². The van der Waals surface area contributed by atoms with E-state index in [4.69, 9.17) is 14.2 Å². The minimum Gasteiger partial charge on any atom is -0.452 e. The number of rotatable bonds is 2. The first kappa shape index (κ1) is 27.0. The minimum atomic E-state index is -4.82. The van der Waals surface area contributed by atoms with E-state index in [1.165, 1.54) is 19.2 Å². The molecule has 1 aliphatic rings. The predicted octanol–water partition coefficient (Wildman–Crippen LogP) is 4.17. The number of aromatic nitrogens is 1. The summed E-state index contributed by atoms with van der Waals surface area (Å²) in [6.07, 6.45) is -8.69. The van der Waals surface area contributed by atoms with E-state index in [1.807, 2.05) is 0 Å². The SMILES string of the molecule is CC(C)(C)OC(=O)NC1=N[C@](C)(c2cc(NC(=O)OC(C)(C)C)c[nH]c2=O)C[C@@H](C(F)(F)F)O1. The molecule has 0 aromatic carbocycles. The number of H-pyrrole nitrogens is 1. The molecule has 13 heteroatoms. The van der Waals surface area contributed by atoms with Crippen LogP contribution in [0.3, 0.4) is 0 Å². The molecule has 0 spiro atoms. The average Bonchev–Trinajstić information content (AvgIpc) is 2.58. The van der Waals surface area contributed by atoms with Gasteiger partial charge in [-0.25, -0.2) is 19.9 Å². The average molecular weight is 490 g/mol. The first-order valence-electron chi connectivity index (χ1n) is 10.3. The van der Waals surface area contributed by atoms with Crippen LogP contribution < -0.4 is 16.2 Å². The summed E-state index contributed by atoms with van der Waals surface area (Å²) < 4.78 is 55.9. The number of ether oxygens (including phenoxy) is 3. The van der Waals surface area contributed by atoms with E-state index in [0.717, 1.165) is 0 Å². The van der Waals surface area contributed by atoms with E-state index < -0.39 is 59.2 Å². The Bertz CT molecular complexity index is 1020. The molecule has 0 fully saturated rings. The van der Waals surface area contributed by atoms with E-state index in [-0.39, 0.29) is 11.3 Å². The Labute approximate surface area is 194 Å². The number of alkyl carbamates (subject to hydrolysis) is 1. The van der Waals surface area contributed by atoms with Gasteiger partial charge < -0.3 is 19.2 Å². The fourth-order valence-electron chi connectivity index (χ4n) is 3.01. The molecule has 34 heavy (non-hydrogen) atoms. The summed E-state index contributed by atoms with van der Waals surface area (Å²) in [5.41, 5.74) is -4.36. The van der Waals surface area contributed by atoms with Crippen LogP contribution in [-0.4, -0.2) is 46.7 Å². The van der Waals surface area contributed by atoms with Crippen LogP contribution in [0.25, 0.3) is 0 Å². The van der Waals surface area contributed by atoms with Gasteiger partial charge in [0.2, 0.25) is 0 Å². The van der Waals surface area contributed by atoms with Gasteiger partial charge in [-0.1, -0.05) is 0 Å². The predicted molar refractivity (Wildman–Crippen MR) is 117 cm³/mol. The van der Waals surface area contributed by atoms with Crippen molar-refractivity contribution >= 4 is 23.9 Å². The van der Waals surface area contributed by atoms with Crippen molar-refractivity contribution in [3.05, 3.63) is 28.2 Å². The molecule has 2 rings (SSSR count). The maximum Gasteiger partial charge on any atom is 0.425 e. The number of nitrogens with zero attached hydrogens (tertiary/aromatic N) is 1. The summed E-state index contributed by atoms with van der Waals surface area (Å²) in [4.78, 5) is 43.2. The molecular formula is C21H29F3N4O6. The zero-order valence-electron chi connectivity index (χ0n) is 20.0. The Morgan fingerprint density at radius 3 is 2.12 bits per heavy atom. The largest absolute Gasteiger partial charge is 0.452 e. The molecule has 190 valence electrons. The minimum absolute atomic E-state index is 0.0666. The number of alkyl halides is 3. The second kappa shape index (κ2) is 9.18. The van der Waals surface area contributed by atoms with Gasteiger partial charge in [-0.3, -0.25) is 10.1 Å². The molecule has 2 amide bonds. The quantitative estimate of drug-likeness (QED) is 0.570. The third-order valence-corrected chi connectivity index (χ3v) is 4.29. The van der Waals surface area contributed by atoms with Crippen LogP contribution in [0.5, 0.6) is 0 Å². The van der Waals surface area contributed by atoms with Gasteiger partial charge in [0.25, 0.3) is 11.6 Å². The summed E-state index contributed by atoms with van der Waals surface area (Å²) in [5, 5.41) is 4.47. The van der Waals surface area contributed by atoms with Crippen LogP contribution in [0, 0.1) is 0 Å². The smallest absolute Gasteiger partial charge is 0.425 e. The number of amides is 2. The molecule has 0 aliphatic carbocycles. The molecule has 0 saturated carbocycles. The molecule has 1 aromatic rings. The lowest BCUT2D eigenvalue weighted by atomic mass is 9.86. The molecule has 0 saturated heterocycles. The fourth-order valence-corrected chi connectivity index (χ4v) is 3.01. The van der Waals surface area contributed by atoms with Crippen molar-refractivity contribution in [3.8, 4) is 0 Å². The van der Waals surface area contributed by atoms with Crippen LogP contribution in [0.4, 0.5) is 28.4 Å². The van der Waals surface area contributed by atoms with Crippen molar-refractivity contribution in [2.24, 2.45) is 4.99 Å². The van der Waals surface area contributed by atoms with E-state index in [2.05, 4.69) is 20.6 Å². The fraction of sp³-hybridized carbons (Fsp3) is 0.619. The zero-order valence-corrected chi connectivity index (χ0v) is 20.0. The number of nitrogens with one attached hydrogen (secondary N) is 3. The zero-order chi connectivity index (χ0) is 26.1. The molecule has 1 aromatic heterocycles. The molecule has 2 atom stereocenters. The number of aromatic amines is 1. The van der Waals surface area contributed by atoms with Crippen molar-refractivity contribution < 1.29 is 37.0 Å². The number of halogens is 3. The number of pyridine rings is 1. The number of carbonyl (C=O) groups is 2. The second-order valence-corrected chi connectivity index (χ2v) is 9.93. The first-order chi connectivity index (χ1) is 15.3. The van der Waals surface area contributed by atoms with E-state index >= 15 is 0 Å². The van der Waals surface area contributed by atoms with Gasteiger partial charge in [0.1, 0.15) is 11.2 Å². The molecule has 10 nitrogen and oxygen atoms in total. The maximum absolute atomic E-state index is 13.6. The van der Waals surface area contributed by atoms with E-state index in [0.29, 0.717) is 0 Å². The molecular weight excluding hydrogens is 461 g/mol. The third-order valence-electron chi connectivity index (χ3n) is 4.29. The lowest BCUT2D eigenvalue weighted by Crippen LogP contribution is -2.50. The summed E-state index contributed by atoms with van der Waals surface area (Å²) in [6, 6.07) is 0.436. The van der Waals surface area contributed by atoms with Gasteiger partial charge in [-0.15, -0.1) is 0 Å². The highest BCUT2D eigenvalue weighted by molar-refractivity contribution is 5.91. The van der Waals surface area contributed by atoms with Gasteiger partial charge in [0.05, 0.1) is 11.2 Å². The number of aliphatic imine (C=N–C) groups is 1. The Kier molecular flexibility index (Phi) is 7.29. The van der Waals surface area contributed by atoms with Crippen LogP contribution in [0.2, 0.25) is 0 Å². The number of carbonyl (C=O) groups excluding carboxylic acids is 2. The molecule has 1 aliphatic heterocycles. The highest BCUT2D eigenvalue weighted by Gasteiger charge is 2.50. The highest BCUT2D eigenvalue weighted by atomic mass is 19.4. The Morgan fingerprint density at radius 1 is 1.09 bits per heavy atom. The summed E-state index contributed by atoms with van der Waals surface area (Å²) in [6.45, 7) is 11.0. The molecule has 0 radical (unpaired) electrons. The Hall–Kier alpha value is -3.25. The monoisotopic (exact) mass is 490 g/mol. The van der Waals surface area contributed by atoms with Crippen molar-refractivity contribution in [1.29, 1.82) is 0 Å². The number of anilines is 1. The van der Waals surface area contributed by atoms with Gasteiger partial charge in [0.15, 0.2) is 6.10 Å². The third kappa shape index (κ3) is 7.66. The summed E-state index contributed by atoms with van der Waals surface area (Å²) >= 11 is 0. The molecule has 0 bridgehead atoms.